The fourth-order valence-corrected chi connectivity index (χ4v) is 10.8. The zero-order valence-electron chi connectivity index (χ0n) is 34.9. The average Bonchev–Trinajstić information content (AvgIpc) is 3.58. The Hall–Kier alpha value is -5.16. The van der Waals surface area contributed by atoms with Crippen LogP contribution in [0.25, 0.3) is 27.7 Å². The maximum Gasteiger partial charge on any atom is 0.265 e. The third-order valence-electron chi connectivity index (χ3n) is 13.1. The van der Waals surface area contributed by atoms with Gasteiger partial charge in [-0.05, 0) is 120 Å². The Balaban J connectivity index is 1.28. The molecule has 3 aliphatic carbocycles. The summed E-state index contributed by atoms with van der Waals surface area (Å²) in [6.45, 7) is 14.1. The summed E-state index contributed by atoms with van der Waals surface area (Å²) in [5, 5.41) is 18.5. The van der Waals surface area contributed by atoms with Crippen molar-refractivity contribution < 1.29 is 33.2 Å². The van der Waals surface area contributed by atoms with Crippen LogP contribution >= 0.6 is 0 Å². The number of aryl methyl sites for hydroxylation is 1. The Labute approximate surface area is 341 Å². The second-order valence-electron chi connectivity index (χ2n) is 18.2. The average molecular weight is 797 g/mol. The smallest absolute Gasteiger partial charge is 0.265 e. The Morgan fingerprint density at radius 1 is 0.948 bits per heavy atom. The lowest BCUT2D eigenvalue weighted by Gasteiger charge is -2.55. The summed E-state index contributed by atoms with van der Waals surface area (Å²) in [5.41, 5.74) is 4.66. The molecule has 0 bridgehead atoms. The molecule has 3 aliphatic rings. The molecule has 9 nitrogen and oxygen atoms in total. The van der Waals surface area contributed by atoms with Crippen LogP contribution < -0.4 is 4.74 Å². The fourth-order valence-electron chi connectivity index (χ4n) is 9.32. The zero-order chi connectivity index (χ0) is 41.5. The van der Waals surface area contributed by atoms with Gasteiger partial charge in [-0.1, -0.05) is 93.6 Å². The van der Waals surface area contributed by atoms with Gasteiger partial charge >= 0.3 is 0 Å². The lowest BCUT2D eigenvalue weighted by atomic mass is 9.57. The first-order chi connectivity index (χ1) is 27.4. The molecule has 0 unspecified atom stereocenters. The minimum Gasteiger partial charge on any atom is -0.507 e. The Morgan fingerprint density at radius 2 is 1.66 bits per heavy atom. The lowest BCUT2D eigenvalue weighted by Crippen LogP contribution is -2.68. The Bertz CT molecular complexity index is 2530. The van der Waals surface area contributed by atoms with E-state index in [1.807, 2.05) is 80.5 Å². The highest BCUT2D eigenvalue weighted by Gasteiger charge is 2.68. The first kappa shape index (κ1) is 39.7. The number of ether oxygens (including phenoxy) is 1. The molecule has 0 aliphatic heterocycles. The van der Waals surface area contributed by atoms with E-state index in [1.54, 1.807) is 6.92 Å². The largest absolute Gasteiger partial charge is 0.507 e. The summed E-state index contributed by atoms with van der Waals surface area (Å²) in [4.78, 5) is 45.2. The van der Waals surface area contributed by atoms with Crippen molar-refractivity contribution in [2.75, 3.05) is 14.1 Å². The number of rotatable bonds is 9. The maximum atomic E-state index is 15.8. The van der Waals surface area contributed by atoms with E-state index in [1.165, 1.54) is 0 Å². The van der Waals surface area contributed by atoms with Crippen LogP contribution in [0.2, 0.25) is 18.1 Å². The van der Waals surface area contributed by atoms with Gasteiger partial charge in [-0.25, -0.2) is 0 Å². The van der Waals surface area contributed by atoms with E-state index in [2.05, 4.69) is 63.3 Å². The van der Waals surface area contributed by atoms with Crippen LogP contribution in [-0.4, -0.2) is 60.5 Å². The molecule has 4 aromatic carbocycles. The van der Waals surface area contributed by atoms with Gasteiger partial charge in [0.1, 0.15) is 23.7 Å². The summed E-state index contributed by atoms with van der Waals surface area (Å²) in [5.74, 6) is -1.61. The van der Waals surface area contributed by atoms with Crippen LogP contribution in [0.3, 0.4) is 0 Å². The number of benzene rings is 4. The molecular formula is C48H52N2O7Si. The fraction of sp³-hybridized carbons (Fsp3) is 0.375. The summed E-state index contributed by atoms with van der Waals surface area (Å²) >= 11 is 0. The van der Waals surface area contributed by atoms with Gasteiger partial charge in [0.25, 0.3) is 5.88 Å². The van der Waals surface area contributed by atoms with Crippen molar-refractivity contribution in [3.63, 3.8) is 0 Å². The van der Waals surface area contributed by atoms with E-state index in [-0.39, 0.29) is 46.1 Å². The molecule has 4 atom stereocenters. The monoisotopic (exact) mass is 796 g/mol. The number of fused-ring (bicyclic) bond motifs is 5. The second-order valence-corrected chi connectivity index (χ2v) is 22.9. The van der Waals surface area contributed by atoms with E-state index in [9.17, 15) is 9.90 Å². The van der Waals surface area contributed by atoms with E-state index >= 15 is 9.59 Å². The van der Waals surface area contributed by atoms with E-state index in [4.69, 9.17) is 13.7 Å². The van der Waals surface area contributed by atoms with Crippen LogP contribution in [0, 0.1) is 18.8 Å². The number of hydrogen-bond acceptors (Lipinski definition) is 9. The number of aliphatic hydroxyl groups is 1. The maximum absolute atomic E-state index is 15.8. The van der Waals surface area contributed by atoms with Crippen molar-refractivity contribution in [1.82, 2.24) is 10.1 Å². The van der Waals surface area contributed by atoms with Crippen LogP contribution in [0.5, 0.6) is 5.88 Å². The molecule has 0 amide bonds. The normalized spacial score (nSPS) is 21.8. The van der Waals surface area contributed by atoms with Crippen molar-refractivity contribution in [1.29, 1.82) is 0 Å². The molecule has 10 heteroatoms. The predicted octanol–water partition coefficient (Wildman–Crippen LogP) is 9.80. The van der Waals surface area contributed by atoms with Crippen molar-refractivity contribution in [3.05, 3.63) is 124 Å². The summed E-state index contributed by atoms with van der Waals surface area (Å²) in [7, 11) is 0.964. The molecule has 1 aromatic heterocycles. The third-order valence-corrected chi connectivity index (χ3v) is 17.5. The number of ketones is 3. The van der Waals surface area contributed by atoms with Gasteiger partial charge < -0.3 is 18.8 Å². The first-order valence-electron chi connectivity index (χ1n) is 20.1. The molecule has 1 fully saturated rings. The van der Waals surface area contributed by atoms with Gasteiger partial charge in [-0.15, -0.1) is 0 Å². The molecular weight excluding hydrogens is 745 g/mol. The molecule has 1 saturated carbocycles. The molecule has 300 valence electrons. The van der Waals surface area contributed by atoms with Gasteiger partial charge in [0.2, 0.25) is 11.6 Å². The molecule has 8 rings (SSSR count). The van der Waals surface area contributed by atoms with Gasteiger partial charge in [0, 0.05) is 23.5 Å². The van der Waals surface area contributed by atoms with E-state index in [0.29, 0.717) is 30.6 Å². The van der Waals surface area contributed by atoms with Crippen molar-refractivity contribution in [2.45, 2.75) is 90.3 Å². The number of aromatic nitrogens is 1. The highest BCUT2D eigenvalue weighted by Crippen LogP contribution is 2.59. The molecule has 1 N–H and O–H groups in total. The Morgan fingerprint density at radius 3 is 2.34 bits per heavy atom. The predicted molar refractivity (Wildman–Crippen MR) is 227 cm³/mol. The Kier molecular flexibility index (Phi) is 9.77. The molecule has 58 heavy (non-hydrogen) atoms. The third kappa shape index (κ3) is 6.37. The number of carbonyl (C=O) groups excluding carboxylic acids is 3. The van der Waals surface area contributed by atoms with E-state index < -0.39 is 37.4 Å². The molecule has 1 heterocycles. The quantitative estimate of drug-likeness (QED) is 0.115. The molecule has 0 spiro atoms. The number of aliphatic hydroxyl groups excluding tert-OH is 1. The number of nitrogens with zero attached hydrogens (tertiary/aromatic N) is 2. The number of Topliss-reactive ketones (excluding diaryl/α,β-unsaturated/α-hetero) is 3. The summed E-state index contributed by atoms with van der Waals surface area (Å²) in [6.07, 6.45) is 1.28. The van der Waals surface area contributed by atoms with Gasteiger partial charge in [0.15, 0.2) is 19.7 Å². The standard InChI is InChI=1S/C48H52N2O7Si/c1-27(51)20-30-16-13-17-31(21-30)32-18-19-33-22-34-23-35-25-37-41(50(6)7)43-40(46(49-56-43)55-26-29-14-11-10-12-15-29)45(54)48(37,57-58(8,9)47(3,4)5)44(53)39(35)42(52)38(34)28(2)36(33)24-32/h10-19,21-22,24,35,37,41,52H,20,23,25-26H2,1-9H3/t35-,37-,41-,48-/m0/s1. The van der Waals surface area contributed by atoms with Crippen molar-refractivity contribution in [3.8, 4) is 17.0 Å². The second kappa shape index (κ2) is 14.3. The highest BCUT2D eigenvalue weighted by molar-refractivity contribution is 6.74. The van der Waals surface area contributed by atoms with Crippen LogP contribution in [0.15, 0.2) is 89.0 Å². The van der Waals surface area contributed by atoms with Gasteiger partial charge in [-0.2, -0.15) is 0 Å². The van der Waals surface area contributed by atoms with Crippen molar-refractivity contribution >= 4 is 42.2 Å². The van der Waals surface area contributed by atoms with Crippen molar-refractivity contribution in [2.24, 2.45) is 11.8 Å². The number of carbonyl (C=O) groups is 3. The van der Waals surface area contributed by atoms with E-state index in [0.717, 1.165) is 44.2 Å². The minimum atomic E-state index is -2.87. The minimum absolute atomic E-state index is 0.0272. The molecule has 5 aromatic rings. The lowest BCUT2D eigenvalue weighted by molar-refractivity contribution is -0.140. The topological polar surface area (TPSA) is 119 Å². The van der Waals surface area contributed by atoms with Crippen LogP contribution in [-0.2, 0) is 33.5 Å². The van der Waals surface area contributed by atoms with Crippen LogP contribution in [0.4, 0.5) is 0 Å². The molecule has 0 radical (unpaired) electrons. The summed E-state index contributed by atoms with van der Waals surface area (Å²) in [6, 6.07) is 25.5. The highest BCUT2D eigenvalue weighted by atomic mass is 28.4. The first-order valence-corrected chi connectivity index (χ1v) is 23.0. The molecule has 0 saturated heterocycles. The SMILES string of the molecule is CC(=O)Cc1cccc(-c2ccc3cc4c(c(C)c3c2)C(O)=C2C(=O)[C@]3(O[Si](C)(C)C(C)(C)C)C(=O)c5c(OCc6ccccc6)noc5[C@@H](N(C)C)[C@@H]3C[C@@H]2C4)c1. The van der Waals surface area contributed by atoms with Gasteiger partial charge in [0.05, 0.1) is 6.04 Å². The number of hydrogen-bond donors (Lipinski definition) is 1. The van der Waals surface area contributed by atoms with Gasteiger partial charge in [-0.3, -0.25) is 19.3 Å². The van der Waals surface area contributed by atoms with Crippen LogP contribution in [0.1, 0.15) is 84.1 Å². The summed E-state index contributed by atoms with van der Waals surface area (Å²) < 4.78 is 19.5. The zero-order valence-corrected chi connectivity index (χ0v) is 35.9.